The molecule has 0 saturated heterocycles. The van der Waals surface area contributed by atoms with Crippen LogP contribution in [0, 0.1) is 5.92 Å². The van der Waals surface area contributed by atoms with Crippen LogP contribution in [-0.2, 0) is 10.3 Å². The number of nitrogen functional groups attached to an aromatic ring is 2. The fraction of sp³-hybridized carbons (Fsp3) is 0.125. The highest BCUT2D eigenvalue weighted by molar-refractivity contribution is 5.89. The van der Waals surface area contributed by atoms with Crippen molar-refractivity contribution in [3.63, 3.8) is 0 Å². The minimum atomic E-state index is -1.00. The molecule has 2 unspecified atom stereocenters. The van der Waals surface area contributed by atoms with Crippen molar-refractivity contribution in [3.8, 4) is 0 Å². The number of rotatable bonds is 4. The smallest absolute Gasteiger partial charge is 0.312 e. The van der Waals surface area contributed by atoms with E-state index >= 15 is 0 Å². The number of hydrogen-bond acceptors (Lipinski definition) is 8. The molecule has 1 aliphatic rings. The van der Waals surface area contributed by atoms with E-state index in [1.54, 1.807) is 25.5 Å². The van der Waals surface area contributed by atoms with Gasteiger partial charge in [0.1, 0.15) is 5.92 Å². The van der Waals surface area contributed by atoms with E-state index in [-0.39, 0.29) is 11.9 Å². The Bertz CT molecular complexity index is 1480. The van der Waals surface area contributed by atoms with Crippen LogP contribution < -0.4 is 16.8 Å². The van der Waals surface area contributed by atoms with E-state index in [0.29, 0.717) is 5.52 Å². The van der Waals surface area contributed by atoms with Crippen molar-refractivity contribution < 1.29 is 9.90 Å². The van der Waals surface area contributed by atoms with Gasteiger partial charge in [-0.3, -0.25) is 4.79 Å². The van der Waals surface area contributed by atoms with Crippen LogP contribution in [0.5, 0.6) is 0 Å². The van der Waals surface area contributed by atoms with Crippen molar-refractivity contribution in [2.45, 2.75) is 5.54 Å². The van der Waals surface area contributed by atoms with Gasteiger partial charge in [-0.2, -0.15) is 0 Å². The predicted octanol–water partition coefficient (Wildman–Crippen LogP) is 2.51. The molecule has 0 radical (unpaired) electrons. The van der Waals surface area contributed by atoms with Gasteiger partial charge in [0, 0.05) is 23.2 Å². The lowest BCUT2D eigenvalue weighted by Gasteiger charge is -2.38. The number of aliphatic carboxylic acids is 1. The third-order valence-corrected chi connectivity index (χ3v) is 6.03. The number of nitrogens with one attached hydrogen (secondary N) is 1. The summed E-state index contributed by atoms with van der Waals surface area (Å²) in [5.41, 5.74) is 14.4. The zero-order valence-corrected chi connectivity index (χ0v) is 17.7. The number of carboxylic acid groups (broad SMARTS) is 1. The molecule has 1 aliphatic carbocycles. The van der Waals surface area contributed by atoms with Crippen molar-refractivity contribution in [3.05, 3.63) is 78.1 Å². The van der Waals surface area contributed by atoms with Crippen LogP contribution in [0.1, 0.15) is 11.1 Å². The number of carboxylic acids is 1. The lowest BCUT2D eigenvalue weighted by atomic mass is 9.72. The summed E-state index contributed by atoms with van der Waals surface area (Å²) in [4.78, 5) is 28.9. The summed E-state index contributed by atoms with van der Waals surface area (Å²) in [6.07, 6.45) is 8.80. The Kier molecular flexibility index (Phi) is 4.75. The topological polar surface area (TPSA) is 153 Å². The Morgan fingerprint density at radius 3 is 2.27 bits per heavy atom. The molecule has 4 aromatic rings. The summed E-state index contributed by atoms with van der Waals surface area (Å²) >= 11 is 0. The number of anilines is 2. The average molecular weight is 439 g/mol. The monoisotopic (exact) mass is 439 g/mol. The largest absolute Gasteiger partial charge is 0.481 e. The molecular weight excluding hydrogens is 418 g/mol. The van der Waals surface area contributed by atoms with Gasteiger partial charge in [0.2, 0.25) is 11.9 Å². The fourth-order valence-electron chi connectivity index (χ4n) is 4.36. The minimum absolute atomic E-state index is 0.187. The van der Waals surface area contributed by atoms with E-state index in [2.05, 4.69) is 25.3 Å². The number of hydrogen-bond donors (Lipinski definition) is 4. The van der Waals surface area contributed by atoms with E-state index in [9.17, 15) is 9.90 Å². The van der Waals surface area contributed by atoms with Gasteiger partial charge < -0.3 is 21.9 Å². The van der Waals surface area contributed by atoms with E-state index < -0.39 is 17.4 Å². The summed E-state index contributed by atoms with van der Waals surface area (Å²) in [6, 6.07) is 11.4. The van der Waals surface area contributed by atoms with Gasteiger partial charge in [0.25, 0.3) is 0 Å². The molecular formula is C24H21N7O2. The zero-order valence-electron chi connectivity index (χ0n) is 17.7. The van der Waals surface area contributed by atoms with Crippen LogP contribution in [0.15, 0.2) is 67.0 Å². The van der Waals surface area contributed by atoms with Crippen molar-refractivity contribution >= 4 is 45.2 Å². The van der Waals surface area contributed by atoms with Crippen LogP contribution >= 0.6 is 0 Å². The number of carbonyl (C=O) groups is 1. The van der Waals surface area contributed by atoms with Gasteiger partial charge >= 0.3 is 5.97 Å². The maximum atomic E-state index is 12.3. The van der Waals surface area contributed by atoms with Gasteiger partial charge in [0.05, 0.1) is 16.6 Å². The molecule has 0 spiro atoms. The number of allylic oxidation sites excluding steroid dienone is 2. The Labute approximate surface area is 188 Å². The molecule has 0 saturated carbocycles. The summed E-state index contributed by atoms with van der Waals surface area (Å²) in [5, 5.41) is 14.9. The summed E-state index contributed by atoms with van der Waals surface area (Å²) < 4.78 is 0. The minimum Gasteiger partial charge on any atom is -0.481 e. The molecule has 2 aromatic heterocycles. The molecule has 0 aliphatic heterocycles. The highest BCUT2D eigenvalue weighted by atomic mass is 16.4. The predicted molar refractivity (Wildman–Crippen MR) is 127 cm³/mol. The number of benzene rings is 2. The maximum Gasteiger partial charge on any atom is 0.312 e. The Morgan fingerprint density at radius 2 is 1.64 bits per heavy atom. The summed E-state index contributed by atoms with van der Waals surface area (Å²) in [7, 11) is 1.75. The standard InChI is InChI=1S/C24H21N7O2/c1-27-24(17-4-7-20-16(9-17)12-29-23(26)31-20)10-14(2-5-18(24)21(32)33)13-3-6-19-15(8-13)11-28-22(25)30-19/h2-12,18,27H,1H3,(H,32,33)(H2,25,28,30)(H2,26,29,31). The SMILES string of the molecule is CNC1(c2ccc3nc(N)ncc3c2)C=C(c2ccc3nc(N)ncc3c2)C=CC1C(=O)O. The van der Waals surface area contributed by atoms with Gasteiger partial charge in [-0.25, -0.2) is 19.9 Å². The first-order valence-corrected chi connectivity index (χ1v) is 10.3. The quantitative estimate of drug-likeness (QED) is 0.375. The summed E-state index contributed by atoms with van der Waals surface area (Å²) in [6.45, 7) is 0. The first kappa shape index (κ1) is 20.5. The third kappa shape index (κ3) is 3.44. The molecule has 33 heavy (non-hydrogen) atoms. The molecule has 9 heteroatoms. The van der Waals surface area contributed by atoms with Crippen molar-refractivity contribution in [2.75, 3.05) is 18.5 Å². The van der Waals surface area contributed by atoms with Gasteiger partial charge in [-0.1, -0.05) is 30.4 Å². The van der Waals surface area contributed by atoms with Crippen LogP contribution in [0.4, 0.5) is 11.9 Å². The molecule has 5 rings (SSSR count). The molecule has 2 atom stereocenters. The highest BCUT2D eigenvalue weighted by Crippen LogP contribution is 2.40. The van der Waals surface area contributed by atoms with Crippen molar-refractivity contribution in [1.29, 1.82) is 0 Å². The van der Waals surface area contributed by atoms with Crippen LogP contribution in [-0.4, -0.2) is 38.1 Å². The van der Waals surface area contributed by atoms with Crippen LogP contribution in [0.25, 0.3) is 27.4 Å². The number of aromatic nitrogens is 4. The van der Waals surface area contributed by atoms with E-state index in [4.69, 9.17) is 11.5 Å². The first-order valence-electron chi connectivity index (χ1n) is 10.3. The van der Waals surface area contributed by atoms with E-state index in [1.165, 1.54) is 0 Å². The molecule has 9 nitrogen and oxygen atoms in total. The van der Waals surface area contributed by atoms with E-state index in [0.717, 1.165) is 33.0 Å². The second-order valence-electron chi connectivity index (χ2n) is 7.90. The second kappa shape index (κ2) is 7.64. The van der Waals surface area contributed by atoms with Gasteiger partial charge in [-0.05, 0) is 48.0 Å². The van der Waals surface area contributed by atoms with Crippen molar-refractivity contribution in [1.82, 2.24) is 25.3 Å². The number of nitrogens with two attached hydrogens (primary N) is 2. The molecule has 2 aromatic carbocycles. The molecule has 0 fully saturated rings. The van der Waals surface area contributed by atoms with E-state index in [1.807, 2.05) is 48.6 Å². The van der Waals surface area contributed by atoms with Crippen LogP contribution in [0.2, 0.25) is 0 Å². The molecule has 6 N–H and O–H groups in total. The molecule has 2 heterocycles. The third-order valence-electron chi connectivity index (χ3n) is 6.03. The molecule has 0 bridgehead atoms. The number of fused-ring (bicyclic) bond motifs is 2. The molecule has 164 valence electrons. The molecule has 0 amide bonds. The number of nitrogens with zero attached hydrogens (tertiary/aromatic N) is 4. The Balaban J connectivity index is 1.68. The maximum absolute atomic E-state index is 12.3. The Morgan fingerprint density at radius 1 is 1.00 bits per heavy atom. The van der Waals surface area contributed by atoms with Gasteiger partial charge in [-0.15, -0.1) is 0 Å². The normalized spacial score (nSPS) is 20.2. The first-order chi connectivity index (χ1) is 15.9. The fourth-order valence-corrected chi connectivity index (χ4v) is 4.36. The second-order valence-corrected chi connectivity index (χ2v) is 7.90. The lowest BCUT2D eigenvalue weighted by Crippen LogP contribution is -2.48. The van der Waals surface area contributed by atoms with Gasteiger partial charge in [0.15, 0.2) is 0 Å². The average Bonchev–Trinajstić information content (AvgIpc) is 2.82. The van der Waals surface area contributed by atoms with Crippen LogP contribution in [0.3, 0.4) is 0 Å². The Hall–Kier alpha value is -4.37. The highest BCUT2D eigenvalue weighted by Gasteiger charge is 2.42. The zero-order chi connectivity index (χ0) is 23.2. The number of likely N-dealkylation sites (N-methyl/N-ethyl adjacent to an activating group) is 1. The van der Waals surface area contributed by atoms with Crippen molar-refractivity contribution in [2.24, 2.45) is 5.92 Å². The summed E-state index contributed by atoms with van der Waals surface area (Å²) in [5.74, 6) is -1.37. The lowest BCUT2D eigenvalue weighted by molar-refractivity contribution is -0.142.